The van der Waals surface area contributed by atoms with Gasteiger partial charge in [0.25, 0.3) is 0 Å². The van der Waals surface area contributed by atoms with E-state index in [4.69, 9.17) is 4.42 Å². The van der Waals surface area contributed by atoms with Gasteiger partial charge in [-0.2, -0.15) is 0 Å². The summed E-state index contributed by atoms with van der Waals surface area (Å²) < 4.78 is 13.3. The van der Waals surface area contributed by atoms with Crippen LogP contribution in [0.25, 0.3) is 0 Å². The molecule has 0 aliphatic rings. The van der Waals surface area contributed by atoms with Crippen LogP contribution in [0.1, 0.15) is 27.3 Å². The lowest BCUT2D eigenvalue weighted by Gasteiger charge is -2.02. The molecule has 0 aromatic carbocycles. The lowest BCUT2D eigenvalue weighted by Crippen LogP contribution is -1.99. The van der Waals surface area contributed by atoms with Crippen LogP contribution in [-0.4, -0.2) is 27.8 Å². The number of hydrogen-bond donors (Lipinski definition) is 1. The van der Waals surface area contributed by atoms with Crippen LogP contribution in [0.2, 0.25) is 0 Å². The summed E-state index contributed by atoms with van der Waals surface area (Å²) >= 11 is 1.06. The molecule has 16 heavy (non-hydrogen) atoms. The molecule has 2 aromatic rings. The molecule has 0 saturated heterocycles. The van der Waals surface area contributed by atoms with Gasteiger partial charge in [-0.25, -0.2) is 4.79 Å². The van der Waals surface area contributed by atoms with Crippen LogP contribution in [0.5, 0.6) is 0 Å². The summed E-state index contributed by atoms with van der Waals surface area (Å²) in [5.74, 6) is -0.277. The van der Waals surface area contributed by atoms with Gasteiger partial charge < -0.3 is 14.3 Å². The molecule has 7 heteroatoms. The minimum absolute atomic E-state index is 0.0500. The molecule has 0 fully saturated rings. The van der Waals surface area contributed by atoms with E-state index in [1.165, 1.54) is 25.4 Å². The van der Waals surface area contributed by atoms with Gasteiger partial charge in [-0.3, -0.25) is 0 Å². The second-order valence-electron chi connectivity index (χ2n) is 2.92. The summed E-state index contributed by atoms with van der Waals surface area (Å²) in [7, 11) is 1.26. The lowest BCUT2D eigenvalue weighted by molar-refractivity contribution is 0.0558. The van der Waals surface area contributed by atoms with E-state index >= 15 is 0 Å². The van der Waals surface area contributed by atoms with Crippen LogP contribution in [0.4, 0.5) is 0 Å². The Kier molecular flexibility index (Phi) is 2.97. The van der Waals surface area contributed by atoms with Crippen molar-refractivity contribution >= 4 is 17.5 Å². The number of furan rings is 1. The van der Waals surface area contributed by atoms with Gasteiger partial charge in [0.05, 0.1) is 18.2 Å². The normalized spacial score (nSPS) is 12.4. The molecule has 0 spiro atoms. The Hall–Kier alpha value is -1.73. The first kappa shape index (κ1) is 10.8. The Balaban J connectivity index is 2.22. The molecule has 1 N–H and O–H groups in total. The van der Waals surface area contributed by atoms with Gasteiger partial charge in [-0.15, -0.1) is 5.10 Å². The largest absolute Gasteiger partial charge is 0.463 e. The maximum absolute atomic E-state index is 11.1. The van der Waals surface area contributed by atoms with E-state index in [-0.39, 0.29) is 11.5 Å². The smallest absolute Gasteiger partial charge is 0.373 e. The molecule has 1 atom stereocenters. The molecule has 2 aromatic heterocycles. The Morgan fingerprint density at radius 1 is 1.62 bits per heavy atom. The zero-order chi connectivity index (χ0) is 11.5. The van der Waals surface area contributed by atoms with Gasteiger partial charge in [0.2, 0.25) is 5.76 Å². The number of ether oxygens (including phenoxy) is 1. The molecule has 6 nitrogen and oxygen atoms in total. The monoisotopic (exact) mass is 240 g/mol. The van der Waals surface area contributed by atoms with Crippen LogP contribution < -0.4 is 0 Å². The average molecular weight is 240 g/mol. The van der Waals surface area contributed by atoms with Crippen molar-refractivity contribution in [3.05, 3.63) is 34.7 Å². The van der Waals surface area contributed by atoms with Crippen molar-refractivity contribution in [1.82, 2.24) is 9.59 Å². The summed E-state index contributed by atoms with van der Waals surface area (Å²) in [6.45, 7) is 0. The molecule has 0 radical (unpaired) electrons. The fraction of sp³-hybridized carbons (Fsp3) is 0.222. The second kappa shape index (κ2) is 4.42. The van der Waals surface area contributed by atoms with Gasteiger partial charge in [-0.05, 0) is 23.7 Å². The van der Waals surface area contributed by atoms with Gasteiger partial charge in [0.15, 0.2) is 0 Å². The average Bonchev–Trinajstić information content (AvgIpc) is 2.97. The molecule has 0 saturated carbocycles. The van der Waals surface area contributed by atoms with Crippen molar-refractivity contribution in [2.24, 2.45) is 0 Å². The Morgan fingerprint density at radius 2 is 2.44 bits per heavy atom. The summed E-state index contributed by atoms with van der Waals surface area (Å²) in [5.41, 5.74) is 0. The van der Waals surface area contributed by atoms with E-state index in [1.807, 2.05) is 0 Å². The number of nitrogens with zero attached hydrogens (tertiary/aromatic N) is 2. The van der Waals surface area contributed by atoms with E-state index < -0.39 is 12.1 Å². The number of aliphatic hydroxyl groups excluding tert-OH is 1. The van der Waals surface area contributed by atoms with E-state index in [0.29, 0.717) is 4.88 Å². The Morgan fingerprint density at radius 3 is 3.06 bits per heavy atom. The molecule has 1 unspecified atom stereocenters. The topological polar surface area (TPSA) is 85.5 Å². The van der Waals surface area contributed by atoms with Crippen LogP contribution in [0.3, 0.4) is 0 Å². The van der Waals surface area contributed by atoms with E-state index in [9.17, 15) is 9.90 Å². The first-order valence-corrected chi connectivity index (χ1v) is 5.13. The quantitative estimate of drug-likeness (QED) is 0.805. The molecular formula is C9H8N2O4S. The molecule has 2 rings (SSSR count). The lowest BCUT2D eigenvalue weighted by atomic mass is 10.2. The highest BCUT2D eigenvalue weighted by Crippen LogP contribution is 2.25. The van der Waals surface area contributed by atoms with Crippen molar-refractivity contribution < 1.29 is 19.1 Å². The standard InChI is InChI=1S/C9H8N2O4S/c1-14-9(13)6-3-2-5(15-6)8(12)7-4-10-11-16-7/h2-4,8,12H,1H3. The number of hydrogen-bond acceptors (Lipinski definition) is 7. The molecule has 0 amide bonds. The van der Waals surface area contributed by atoms with E-state index in [2.05, 4.69) is 14.3 Å². The second-order valence-corrected chi connectivity index (χ2v) is 3.73. The van der Waals surface area contributed by atoms with Crippen molar-refractivity contribution in [1.29, 1.82) is 0 Å². The predicted octanol–water partition coefficient (Wildman–Crippen LogP) is 0.999. The molecule has 84 valence electrons. The van der Waals surface area contributed by atoms with Crippen LogP contribution in [0, 0.1) is 0 Å². The van der Waals surface area contributed by atoms with Crippen molar-refractivity contribution in [2.45, 2.75) is 6.10 Å². The molecule has 0 aliphatic carbocycles. The number of carbonyl (C=O) groups is 1. The SMILES string of the molecule is COC(=O)c1ccc(C(O)c2cnns2)o1. The summed E-state index contributed by atoms with van der Waals surface area (Å²) in [4.78, 5) is 11.7. The van der Waals surface area contributed by atoms with Gasteiger partial charge >= 0.3 is 5.97 Å². The Bertz CT molecular complexity index is 479. The van der Waals surface area contributed by atoms with Crippen LogP contribution in [0.15, 0.2) is 22.7 Å². The zero-order valence-corrected chi connectivity index (χ0v) is 9.10. The molecule has 0 aliphatic heterocycles. The van der Waals surface area contributed by atoms with Gasteiger partial charge in [0, 0.05) is 0 Å². The van der Waals surface area contributed by atoms with E-state index in [1.54, 1.807) is 0 Å². The number of methoxy groups -OCH3 is 1. The highest BCUT2D eigenvalue weighted by atomic mass is 32.1. The number of rotatable bonds is 3. The highest BCUT2D eigenvalue weighted by molar-refractivity contribution is 7.05. The highest BCUT2D eigenvalue weighted by Gasteiger charge is 2.19. The minimum Gasteiger partial charge on any atom is -0.463 e. The third-order valence-electron chi connectivity index (χ3n) is 1.93. The fourth-order valence-electron chi connectivity index (χ4n) is 1.15. The number of esters is 1. The van der Waals surface area contributed by atoms with Crippen molar-refractivity contribution in [3.63, 3.8) is 0 Å². The third-order valence-corrected chi connectivity index (χ3v) is 2.65. The van der Waals surface area contributed by atoms with Crippen LogP contribution in [-0.2, 0) is 4.74 Å². The first-order valence-electron chi connectivity index (χ1n) is 4.35. The number of carbonyl (C=O) groups excluding carboxylic acids is 1. The Labute approximate surface area is 94.6 Å². The van der Waals surface area contributed by atoms with Gasteiger partial charge in [0.1, 0.15) is 11.9 Å². The third kappa shape index (κ3) is 1.95. The minimum atomic E-state index is -0.960. The first-order chi connectivity index (χ1) is 7.72. The van der Waals surface area contributed by atoms with Crippen molar-refractivity contribution in [3.8, 4) is 0 Å². The molecular weight excluding hydrogens is 232 g/mol. The molecule has 2 heterocycles. The number of aliphatic hydroxyl groups is 1. The van der Waals surface area contributed by atoms with Crippen molar-refractivity contribution in [2.75, 3.05) is 7.11 Å². The fourth-order valence-corrected chi connectivity index (χ4v) is 1.64. The van der Waals surface area contributed by atoms with E-state index in [0.717, 1.165) is 11.5 Å². The molecule has 0 bridgehead atoms. The summed E-state index contributed by atoms with van der Waals surface area (Å²) in [6.07, 6.45) is 0.480. The summed E-state index contributed by atoms with van der Waals surface area (Å²) in [5, 5.41) is 13.4. The maximum Gasteiger partial charge on any atom is 0.373 e. The van der Waals surface area contributed by atoms with Crippen LogP contribution >= 0.6 is 11.5 Å². The number of aromatic nitrogens is 2. The van der Waals surface area contributed by atoms with Gasteiger partial charge in [-0.1, -0.05) is 4.49 Å². The summed E-state index contributed by atoms with van der Waals surface area (Å²) in [6, 6.07) is 2.95. The maximum atomic E-state index is 11.1. The zero-order valence-electron chi connectivity index (χ0n) is 8.28. The predicted molar refractivity (Wildman–Crippen MR) is 54.0 cm³/mol.